The summed E-state index contributed by atoms with van der Waals surface area (Å²) in [5.41, 5.74) is -2.36. The zero-order chi connectivity index (χ0) is 19.3. The molecule has 2 N–H and O–H groups in total. The molecule has 3 rings (SSSR count). The predicted octanol–water partition coefficient (Wildman–Crippen LogP) is 4.89. The summed E-state index contributed by atoms with van der Waals surface area (Å²) >= 11 is -0.103. The highest BCUT2D eigenvalue weighted by Crippen LogP contribution is 2.38. The van der Waals surface area contributed by atoms with E-state index in [1.807, 2.05) is 18.2 Å². The number of hydrogen-bond donors (Lipinski definition) is 2. The molecule has 1 aliphatic rings. The molecule has 0 aliphatic carbocycles. The van der Waals surface area contributed by atoms with Crippen molar-refractivity contribution in [2.45, 2.75) is 41.9 Å². The number of hydrogen-bond acceptors (Lipinski definition) is 4. The summed E-state index contributed by atoms with van der Waals surface area (Å²) in [6.45, 7) is 1.41. The third-order valence-electron chi connectivity index (χ3n) is 4.66. The predicted molar refractivity (Wildman–Crippen MR) is 102 cm³/mol. The average molecular weight is 396 g/mol. The molecule has 1 fully saturated rings. The minimum atomic E-state index is -4.30. The highest BCUT2D eigenvalue weighted by atomic mass is 32.2. The number of thioether (sulfide) groups is 1. The van der Waals surface area contributed by atoms with Gasteiger partial charge < -0.3 is 15.4 Å². The van der Waals surface area contributed by atoms with Gasteiger partial charge in [0.2, 0.25) is 0 Å². The third kappa shape index (κ3) is 5.64. The van der Waals surface area contributed by atoms with Gasteiger partial charge in [-0.1, -0.05) is 30.3 Å². The zero-order valence-corrected chi connectivity index (χ0v) is 15.9. The van der Waals surface area contributed by atoms with Gasteiger partial charge in [0, 0.05) is 29.1 Å². The molecule has 2 unspecified atom stereocenters. The summed E-state index contributed by atoms with van der Waals surface area (Å²) in [6.07, 6.45) is 2.06. The van der Waals surface area contributed by atoms with Crippen LogP contribution in [0.5, 0.6) is 5.75 Å². The summed E-state index contributed by atoms with van der Waals surface area (Å²) in [6, 6.07) is 15.2. The van der Waals surface area contributed by atoms with Gasteiger partial charge in [-0.15, -0.1) is 0 Å². The number of halogens is 3. The second-order valence-corrected chi connectivity index (χ2v) is 7.63. The lowest BCUT2D eigenvalue weighted by Crippen LogP contribution is -2.45. The Kier molecular flexibility index (Phi) is 6.68. The van der Waals surface area contributed by atoms with Crippen LogP contribution in [-0.4, -0.2) is 25.2 Å². The van der Waals surface area contributed by atoms with Crippen LogP contribution in [-0.2, 0) is 6.54 Å². The Morgan fingerprint density at radius 1 is 1.19 bits per heavy atom. The molecule has 2 aromatic carbocycles. The van der Waals surface area contributed by atoms with Crippen molar-refractivity contribution in [3.05, 3.63) is 59.7 Å². The number of piperidine rings is 1. The maximum atomic E-state index is 12.7. The van der Waals surface area contributed by atoms with E-state index in [0.29, 0.717) is 12.3 Å². The molecule has 0 bridgehead atoms. The maximum absolute atomic E-state index is 12.7. The first-order valence-electron chi connectivity index (χ1n) is 8.90. The van der Waals surface area contributed by atoms with E-state index >= 15 is 0 Å². The van der Waals surface area contributed by atoms with Crippen LogP contribution in [0, 0.1) is 0 Å². The first-order chi connectivity index (χ1) is 13.0. The van der Waals surface area contributed by atoms with E-state index in [2.05, 4.69) is 22.8 Å². The Hall–Kier alpha value is -1.70. The molecular weight excluding hydrogens is 373 g/mol. The number of nitrogens with one attached hydrogen (secondary N) is 2. The number of rotatable bonds is 6. The van der Waals surface area contributed by atoms with Gasteiger partial charge in [0.05, 0.1) is 7.11 Å². The summed E-state index contributed by atoms with van der Waals surface area (Å²) < 4.78 is 43.4. The Morgan fingerprint density at radius 3 is 2.67 bits per heavy atom. The molecule has 146 valence electrons. The zero-order valence-electron chi connectivity index (χ0n) is 15.1. The molecule has 1 aliphatic heterocycles. The molecule has 0 saturated carbocycles. The van der Waals surface area contributed by atoms with E-state index in [4.69, 9.17) is 4.74 Å². The van der Waals surface area contributed by atoms with E-state index < -0.39 is 5.51 Å². The van der Waals surface area contributed by atoms with Gasteiger partial charge in [0.15, 0.2) is 0 Å². The highest BCUT2D eigenvalue weighted by Gasteiger charge is 2.30. The second-order valence-electron chi connectivity index (χ2n) is 6.49. The van der Waals surface area contributed by atoms with Crippen molar-refractivity contribution in [3.63, 3.8) is 0 Å². The smallest absolute Gasteiger partial charge is 0.446 e. The topological polar surface area (TPSA) is 33.3 Å². The van der Waals surface area contributed by atoms with Gasteiger partial charge in [0.1, 0.15) is 5.75 Å². The molecule has 27 heavy (non-hydrogen) atoms. The van der Waals surface area contributed by atoms with E-state index in [1.54, 1.807) is 12.1 Å². The first-order valence-corrected chi connectivity index (χ1v) is 9.72. The summed E-state index contributed by atoms with van der Waals surface area (Å²) in [7, 11) is 1.53. The van der Waals surface area contributed by atoms with Crippen molar-refractivity contribution in [2.24, 2.45) is 0 Å². The normalized spacial score (nSPS) is 20.4. The quantitative estimate of drug-likeness (QED) is 0.681. The Morgan fingerprint density at radius 2 is 1.96 bits per heavy atom. The fourth-order valence-electron chi connectivity index (χ4n) is 3.45. The molecule has 1 saturated heterocycles. The molecule has 2 aromatic rings. The SMILES string of the molecule is COc1ccc(SC(F)(F)F)cc1CNC1CCCNC1c1ccccc1. The van der Waals surface area contributed by atoms with Crippen molar-refractivity contribution in [2.75, 3.05) is 13.7 Å². The van der Waals surface area contributed by atoms with Crippen molar-refractivity contribution in [1.82, 2.24) is 10.6 Å². The van der Waals surface area contributed by atoms with Gasteiger partial charge in [-0.3, -0.25) is 0 Å². The third-order valence-corrected chi connectivity index (χ3v) is 5.38. The molecule has 0 spiro atoms. The van der Waals surface area contributed by atoms with Gasteiger partial charge in [-0.2, -0.15) is 13.2 Å². The molecule has 7 heteroatoms. The monoisotopic (exact) mass is 396 g/mol. The Labute approximate surface area is 161 Å². The van der Waals surface area contributed by atoms with Crippen LogP contribution in [0.25, 0.3) is 0 Å². The summed E-state index contributed by atoms with van der Waals surface area (Å²) in [4.78, 5) is 0.168. The van der Waals surface area contributed by atoms with Crippen molar-refractivity contribution in [3.8, 4) is 5.75 Å². The fraction of sp³-hybridized carbons (Fsp3) is 0.400. The molecule has 1 heterocycles. The van der Waals surface area contributed by atoms with E-state index in [9.17, 15) is 13.2 Å². The summed E-state index contributed by atoms with van der Waals surface area (Å²) in [5, 5.41) is 7.06. The Bertz CT molecular complexity index is 740. The number of ether oxygens (including phenoxy) is 1. The van der Waals surface area contributed by atoms with Crippen molar-refractivity contribution < 1.29 is 17.9 Å². The minimum Gasteiger partial charge on any atom is -0.496 e. The maximum Gasteiger partial charge on any atom is 0.446 e. The summed E-state index contributed by atoms with van der Waals surface area (Å²) in [5.74, 6) is 0.592. The van der Waals surface area contributed by atoms with Crippen LogP contribution in [0.2, 0.25) is 0 Å². The molecule has 3 nitrogen and oxygen atoms in total. The largest absolute Gasteiger partial charge is 0.496 e. The molecular formula is C20H23F3N2OS. The van der Waals surface area contributed by atoms with Crippen LogP contribution in [0.1, 0.15) is 30.0 Å². The lowest BCUT2D eigenvalue weighted by molar-refractivity contribution is -0.0328. The van der Waals surface area contributed by atoms with E-state index in [1.165, 1.54) is 18.7 Å². The van der Waals surface area contributed by atoms with E-state index in [-0.39, 0.29) is 28.7 Å². The van der Waals surface area contributed by atoms with Gasteiger partial charge in [-0.25, -0.2) is 0 Å². The van der Waals surface area contributed by atoms with Crippen LogP contribution in [0.15, 0.2) is 53.4 Å². The molecule has 0 amide bonds. The van der Waals surface area contributed by atoms with Crippen LogP contribution >= 0.6 is 11.8 Å². The lowest BCUT2D eigenvalue weighted by Gasteiger charge is -2.34. The highest BCUT2D eigenvalue weighted by molar-refractivity contribution is 8.00. The lowest BCUT2D eigenvalue weighted by atomic mass is 9.92. The number of alkyl halides is 3. The van der Waals surface area contributed by atoms with Crippen LogP contribution in [0.4, 0.5) is 13.2 Å². The first kappa shape index (κ1) is 20.0. The van der Waals surface area contributed by atoms with Crippen LogP contribution < -0.4 is 15.4 Å². The van der Waals surface area contributed by atoms with Gasteiger partial charge in [-0.05, 0) is 54.9 Å². The minimum absolute atomic E-state index is 0.103. The van der Waals surface area contributed by atoms with Crippen molar-refractivity contribution >= 4 is 11.8 Å². The number of methoxy groups -OCH3 is 1. The van der Waals surface area contributed by atoms with E-state index in [0.717, 1.165) is 24.9 Å². The molecule has 0 radical (unpaired) electrons. The van der Waals surface area contributed by atoms with Crippen molar-refractivity contribution in [1.29, 1.82) is 0 Å². The van der Waals surface area contributed by atoms with Gasteiger partial charge in [0.25, 0.3) is 0 Å². The number of benzene rings is 2. The Balaban J connectivity index is 1.73. The average Bonchev–Trinajstić information content (AvgIpc) is 2.66. The second kappa shape index (κ2) is 8.99. The molecule has 2 atom stereocenters. The van der Waals surface area contributed by atoms with Crippen LogP contribution in [0.3, 0.4) is 0 Å². The fourth-order valence-corrected chi connectivity index (χ4v) is 4.05. The molecule has 0 aromatic heterocycles. The standard InChI is InChI=1S/C20H23F3N2OS/c1-26-18-10-9-16(27-20(21,22)23)12-15(18)13-25-17-8-5-11-24-19(17)14-6-3-2-4-7-14/h2-4,6-7,9-10,12,17,19,24-25H,5,8,11,13H2,1H3. The van der Waals surface area contributed by atoms with Gasteiger partial charge >= 0.3 is 5.51 Å².